The first-order valence-corrected chi connectivity index (χ1v) is 10.5. The van der Waals surface area contributed by atoms with Crippen molar-refractivity contribution in [3.05, 3.63) is 34.6 Å². The SMILES string of the molecule is CC(C)NC(=O)C[C@H]1CC[C@@H](CNC(=O)c2ccc(Cl)c(F)c2)N1CC1CC1. The average molecular weight is 410 g/mol. The third-order valence-electron chi connectivity index (χ3n) is 5.49. The first-order valence-electron chi connectivity index (χ1n) is 10.1. The van der Waals surface area contributed by atoms with Crippen LogP contribution >= 0.6 is 11.6 Å². The van der Waals surface area contributed by atoms with Crippen LogP contribution in [0.15, 0.2) is 18.2 Å². The third-order valence-corrected chi connectivity index (χ3v) is 5.79. The minimum absolute atomic E-state index is 0.00506. The molecule has 0 radical (unpaired) electrons. The maximum Gasteiger partial charge on any atom is 0.251 e. The molecule has 1 aromatic rings. The fraction of sp³-hybridized carbons (Fsp3) is 0.619. The number of carbonyl (C=O) groups excluding carboxylic acids is 2. The van der Waals surface area contributed by atoms with Gasteiger partial charge in [0.15, 0.2) is 0 Å². The van der Waals surface area contributed by atoms with Crippen molar-refractivity contribution in [3.63, 3.8) is 0 Å². The van der Waals surface area contributed by atoms with E-state index in [-0.39, 0.29) is 40.5 Å². The van der Waals surface area contributed by atoms with Crippen LogP contribution in [-0.2, 0) is 4.79 Å². The van der Waals surface area contributed by atoms with Crippen LogP contribution in [0.2, 0.25) is 5.02 Å². The number of halogens is 2. The van der Waals surface area contributed by atoms with Gasteiger partial charge in [-0.2, -0.15) is 0 Å². The normalized spacial score (nSPS) is 22.5. The van der Waals surface area contributed by atoms with Crippen LogP contribution in [0.4, 0.5) is 4.39 Å². The van der Waals surface area contributed by atoms with Gasteiger partial charge in [0.1, 0.15) is 5.82 Å². The van der Waals surface area contributed by atoms with Gasteiger partial charge < -0.3 is 10.6 Å². The lowest BCUT2D eigenvalue weighted by molar-refractivity contribution is -0.122. The van der Waals surface area contributed by atoms with Crippen molar-refractivity contribution in [2.45, 2.75) is 64.1 Å². The summed E-state index contributed by atoms with van der Waals surface area (Å²) in [5.41, 5.74) is 0.265. The quantitative estimate of drug-likeness (QED) is 0.692. The lowest BCUT2D eigenvalue weighted by Crippen LogP contribution is -2.46. The second-order valence-electron chi connectivity index (χ2n) is 8.29. The van der Waals surface area contributed by atoms with Gasteiger partial charge in [0, 0.05) is 43.2 Å². The Morgan fingerprint density at radius 3 is 2.57 bits per heavy atom. The highest BCUT2D eigenvalue weighted by Gasteiger charge is 2.38. The van der Waals surface area contributed by atoms with Crippen LogP contribution in [0.25, 0.3) is 0 Å². The van der Waals surface area contributed by atoms with E-state index in [2.05, 4.69) is 15.5 Å². The molecule has 154 valence electrons. The molecule has 2 fully saturated rings. The largest absolute Gasteiger partial charge is 0.354 e. The number of hydrogen-bond donors (Lipinski definition) is 2. The van der Waals surface area contributed by atoms with Crippen LogP contribution in [0.3, 0.4) is 0 Å². The van der Waals surface area contributed by atoms with E-state index in [1.165, 1.54) is 25.0 Å². The zero-order valence-corrected chi connectivity index (χ0v) is 17.3. The molecule has 0 spiro atoms. The molecule has 1 aliphatic carbocycles. The smallest absolute Gasteiger partial charge is 0.251 e. The van der Waals surface area contributed by atoms with Crippen LogP contribution in [0, 0.1) is 11.7 Å². The summed E-state index contributed by atoms with van der Waals surface area (Å²) in [7, 11) is 0. The number of likely N-dealkylation sites (tertiary alicyclic amines) is 1. The number of nitrogens with one attached hydrogen (secondary N) is 2. The maximum atomic E-state index is 13.6. The highest BCUT2D eigenvalue weighted by atomic mass is 35.5. The predicted molar refractivity (Wildman–Crippen MR) is 108 cm³/mol. The lowest BCUT2D eigenvalue weighted by atomic mass is 10.1. The Balaban J connectivity index is 1.57. The van der Waals surface area contributed by atoms with Gasteiger partial charge in [0.05, 0.1) is 5.02 Å². The van der Waals surface area contributed by atoms with Gasteiger partial charge in [-0.3, -0.25) is 14.5 Å². The Kier molecular flexibility index (Phi) is 6.94. The fourth-order valence-electron chi connectivity index (χ4n) is 3.89. The van der Waals surface area contributed by atoms with Gasteiger partial charge in [-0.15, -0.1) is 0 Å². The first kappa shape index (κ1) is 21.1. The van der Waals surface area contributed by atoms with E-state index in [9.17, 15) is 14.0 Å². The summed E-state index contributed by atoms with van der Waals surface area (Å²) in [5.74, 6) is -0.107. The standard InChI is InChI=1S/C21H29ClFN3O2/c1-13(2)25-20(27)10-16-6-7-17(26(16)12-14-3-4-14)11-24-21(28)15-5-8-18(22)19(23)9-15/h5,8-9,13-14,16-17H,3-4,6-7,10-12H2,1-2H3,(H,24,28)(H,25,27)/t16-,17+/m1/s1. The third kappa shape index (κ3) is 5.67. The molecule has 0 aromatic heterocycles. The fourth-order valence-corrected chi connectivity index (χ4v) is 4.01. The van der Waals surface area contributed by atoms with Gasteiger partial charge in [0.2, 0.25) is 5.91 Å². The van der Waals surface area contributed by atoms with Crippen molar-refractivity contribution in [3.8, 4) is 0 Å². The number of amides is 2. The number of carbonyl (C=O) groups is 2. The topological polar surface area (TPSA) is 61.4 Å². The molecule has 1 saturated carbocycles. The molecule has 1 heterocycles. The molecule has 2 atom stereocenters. The Labute approximate surface area is 171 Å². The summed E-state index contributed by atoms with van der Waals surface area (Å²) in [6.45, 7) is 5.41. The molecule has 2 amide bonds. The van der Waals surface area contributed by atoms with Crippen LogP contribution < -0.4 is 10.6 Å². The number of hydrogen-bond acceptors (Lipinski definition) is 3. The molecule has 3 rings (SSSR count). The van der Waals surface area contributed by atoms with E-state index in [0.717, 1.165) is 25.5 Å². The summed E-state index contributed by atoms with van der Waals surface area (Å²) >= 11 is 5.68. The average Bonchev–Trinajstić information content (AvgIpc) is 3.37. The van der Waals surface area contributed by atoms with E-state index in [4.69, 9.17) is 11.6 Å². The van der Waals surface area contributed by atoms with E-state index < -0.39 is 5.82 Å². The van der Waals surface area contributed by atoms with E-state index in [1.807, 2.05) is 13.8 Å². The number of benzene rings is 1. The molecule has 1 aliphatic heterocycles. The molecule has 1 saturated heterocycles. The van der Waals surface area contributed by atoms with Crippen molar-refractivity contribution in [2.75, 3.05) is 13.1 Å². The van der Waals surface area contributed by atoms with Crippen molar-refractivity contribution < 1.29 is 14.0 Å². The molecule has 5 nitrogen and oxygen atoms in total. The molecule has 28 heavy (non-hydrogen) atoms. The zero-order chi connectivity index (χ0) is 20.3. The molecule has 2 N–H and O–H groups in total. The Morgan fingerprint density at radius 1 is 1.21 bits per heavy atom. The Hall–Kier alpha value is -1.66. The van der Waals surface area contributed by atoms with Crippen LogP contribution in [0.5, 0.6) is 0 Å². The molecule has 7 heteroatoms. The molecular formula is C21H29ClFN3O2. The molecule has 0 bridgehead atoms. The minimum atomic E-state index is -0.596. The van der Waals surface area contributed by atoms with E-state index >= 15 is 0 Å². The van der Waals surface area contributed by atoms with Crippen molar-refractivity contribution in [1.82, 2.24) is 15.5 Å². The van der Waals surface area contributed by atoms with E-state index in [1.54, 1.807) is 0 Å². The zero-order valence-electron chi connectivity index (χ0n) is 16.5. The van der Waals surface area contributed by atoms with Gasteiger partial charge in [-0.1, -0.05) is 11.6 Å². The number of nitrogens with zero attached hydrogens (tertiary/aromatic N) is 1. The van der Waals surface area contributed by atoms with Crippen molar-refractivity contribution >= 4 is 23.4 Å². The maximum absolute atomic E-state index is 13.6. The lowest BCUT2D eigenvalue weighted by Gasteiger charge is -2.30. The van der Waals surface area contributed by atoms with E-state index in [0.29, 0.717) is 18.9 Å². The van der Waals surface area contributed by atoms with Crippen molar-refractivity contribution in [1.29, 1.82) is 0 Å². The summed E-state index contributed by atoms with van der Waals surface area (Å²) in [6.07, 6.45) is 4.88. The minimum Gasteiger partial charge on any atom is -0.354 e. The summed E-state index contributed by atoms with van der Waals surface area (Å²) in [6, 6.07) is 4.64. The molecular weight excluding hydrogens is 381 g/mol. The molecule has 1 aromatic carbocycles. The summed E-state index contributed by atoms with van der Waals surface area (Å²) in [5, 5.41) is 5.91. The summed E-state index contributed by atoms with van der Waals surface area (Å²) < 4.78 is 13.6. The Morgan fingerprint density at radius 2 is 1.93 bits per heavy atom. The van der Waals surface area contributed by atoms with Crippen LogP contribution in [0.1, 0.15) is 56.3 Å². The monoisotopic (exact) mass is 409 g/mol. The Bertz CT molecular complexity index is 724. The molecule has 2 aliphatic rings. The first-order chi connectivity index (χ1) is 13.3. The van der Waals surface area contributed by atoms with Gasteiger partial charge in [-0.05, 0) is 63.6 Å². The van der Waals surface area contributed by atoms with Gasteiger partial charge in [0.25, 0.3) is 5.91 Å². The highest BCUT2D eigenvalue weighted by molar-refractivity contribution is 6.30. The highest BCUT2D eigenvalue weighted by Crippen LogP contribution is 2.35. The predicted octanol–water partition coefficient (Wildman–Crippen LogP) is 3.37. The van der Waals surface area contributed by atoms with Crippen LogP contribution in [-0.4, -0.2) is 47.9 Å². The molecule has 0 unspecified atom stereocenters. The number of rotatable bonds is 8. The van der Waals surface area contributed by atoms with Crippen molar-refractivity contribution in [2.24, 2.45) is 5.92 Å². The second-order valence-corrected chi connectivity index (χ2v) is 8.70. The second kappa shape index (κ2) is 9.23. The summed E-state index contributed by atoms with van der Waals surface area (Å²) in [4.78, 5) is 27.0. The van der Waals surface area contributed by atoms with Gasteiger partial charge >= 0.3 is 0 Å². The van der Waals surface area contributed by atoms with Gasteiger partial charge in [-0.25, -0.2) is 4.39 Å².